The summed E-state index contributed by atoms with van der Waals surface area (Å²) < 4.78 is 0. The summed E-state index contributed by atoms with van der Waals surface area (Å²) in [4.78, 5) is 4.42. The molecule has 0 radical (unpaired) electrons. The third-order valence-electron chi connectivity index (χ3n) is 3.18. The number of hydrogen-bond acceptors (Lipinski definition) is 2. The molecular weight excluding hydrogens is 186 g/mol. The molecule has 76 valence electrons. The zero-order chi connectivity index (χ0) is 10.3. The highest BCUT2D eigenvalue weighted by molar-refractivity contribution is 5.84. The van der Waals surface area contributed by atoms with Crippen molar-refractivity contribution in [1.29, 1.82) is 0 Å². The Labute approximate surface area is 88.6 Å². The summed E-state index contributed by atoms with van der Waals surface area (Å²) in [6.45, 7) is 0. The molecule has 0 saturated carbocycles. The average Bonchev–Trinajstić information content (AvgIpc) is 2.29. The number of nitrogens with zero attached hydrogens (tertiary/aromatic N) is 1. The SMILES string of the molecule is Oc1ccc2ncc3c(c2c1)CCCC3. The summed E-state index contributed by atoms with van der Waals surface area (Å²) in [5.41, 5.74) is 3.75. The van der Waals surface area contributed by atoms with Crippen LogP contribution < -0.4 is 0 Å². The Hall–Kier alpha value is -1.57. The van der Waals surface area contributed by atoms with Crippen LogP contribution in [0.2, 0.25) is 0 Å². The second-order valence-electron chi connectivity index (χ2n) is 4.17. The molecule has 0 unspecified atom stereocenters. The number of aromatic nitrogens is 1. The third kappa shape index (κ3) is 1.37. The third-order valence-corrected chi connectivity index (χ3v) is 3.18. The highest BCUT2D eigenvalue weighted by Gasteiger charge is 2.13. The molecule has 0 atom stereocenters. The van der Waals surface area contributed by atoms with E-state index in [0.717, 1.165) is 23.7 Å². The van der Waals surface area contributed by atoms with Crippen molar-refractivity contribution >= 4 is 10.9 Å². The molecule has 0 bridgehead atoms. The quantitative estimate of drug-likeness (QED) is 0.707. The molecular formula is C13H13NO. The zero-order valence-corrected chi connectivity index (χ0v) is 8.53. The van der Waals surface area contributed by atoms with E-state index in [1.54, 1.807) is 6.07 Å². The minimum Gasteiger partial charge on any atom is -0.508 e. The van der Waals surface area contributed by atoms with Gasteiger partial charge in [-0.1, -0.05) is 0 Å². The van der Waals surface area contributed by atoms with Crippen molar-refractivity contribution in [2.75, 3.05) is 0 Å². The van der Waals surface area contributed by atoms with E-state index < -0.39 is 0 Å². The fraction of sp³-hybridized carbons (Fsp3) is 0.308. The second kappa shape index (κ2) is 3.23. The molecule has 3 rings (SSSR count). The molecule has 0 spiro atoms. The molecule has 2 aromatic rings. The average molecular weight is 199 g/mol. The van der Waals surface area contributed by atoms with Gasteiger partial charge < -0.3 is 5.11 Å². The van der Waals surface area contributed by atoms with Crippen LogP contribution in [0.25, 0.3) is 10.9 Å². The lowest BCUT2D eigenvalue weighted by atomic mass is 9.90. The van der Waals surface area contributed by atoms with Gasteiger partial charge in [0.15, 0.2) is 0 Å². The lowest BCUT2D eigenvalue weighted by Gasteiger charge is -2.17. The molecule has 1 aromatic carbocycles. The fourth-order valence-electron chi connectivity index (χ4n) is 2.40. The summed E-state index contributed by atoms with van der Waals surface area (Å²) in [6.07, 6.45) is 6.76. The van der Waals surface area contributed by atoms with Crippen LogP contribution in [-0.2, 0) is 12.8 Å². The van der Waals surface area contributed by atoms with E-state index in [1.165, 1.54) is 24.0 Å². The largest absolute Gasteiger partial charge is 0.508 e. The van der Waals surface area contributed by atoms with Crippen LogP contribution in [-0.4, -0.2) is 10.1 Å². The number of fused-ring (bicyclic) bond motifs is 3. The van der Waals surface area contributed by atoms with E-state index in [0.29, 0.717) is 5.75 Å². The lowest BCUT2D eigenvalue weighted by molar-refractivity contribution is 0.476. The number of aryl methyl sites for hydroxylation is 2. The van der Waals surface area contributed by atoms with Gasteiger partial charge >= 0.3 is 0 Å². The molecule has 2 nitrogen and oxygen atoms in total. The van der Waals surface area contributed by atoms with Crippen molar-refractivity contribution in [2.24, 2.45) is 0 Å². The van der Waals surface area contributed by atoms with Crippen molar-refractivity contribution in [3.8, 4) is 5.75 Å². The first-order valence-electron chi connectivity index (χ1n) is 5.44. The molecule has 1 aliphatic carbocycles. The molecule has 2 heteroatoms. The summed E-state index contributed by atoms with van der Waals surface area (Å²) in [7, 11) is 0. The molecule has 0 fully saturated rings. The predicted octanol–water partition coefficient (Wildman–Crippen LogP) is 2.82. The van der Waals surface area contributed by atoms with Crippen molar-refractivity contribution in [3.63, 3.8) is 0 Å². The normalized spacial score (nSPS) is 15.2. The summed E-state index contributed by atoms with van der Waals surface area (Å²) >= 11 is 0. The monoisotopic (exact) mass is 199 g/mol. The van der Waals surface area contributed by atoms with Crippen LogP contribution in [0.4, 0.5) is 0 Å². The number of rotatable bonds is 0. The van der Waals surface area contributed by atoms with Crippen molar-refractivity contribution in [1.82, 2.24) is 4.98 Å². The minimum atomic E-state index is 0.336. The number of benzene rings is 1. The van der Waals surface area contributed by atoms with Gasteiger partial charge in [0, 0.05) is 11.6 Å². The van der Waals surface area contributed by atoms with Gasteiger partial charge in [-0.3, -0.25) is 4.98 Å². The van der Waals surface area contributed by atoms with E-state index in [1.807, 2.05) is 18.3 Å². The van der Waals surface area contributed by atoms with Crippen molar-refractivity contribution in [2.45, 2.75) is 25.7 Å². The van der Waals surface area contributed by atoms with Crippen LogP contribution in [0, 0.1) is 0 Å². The Morgan fingerprint density at radius 2 is 2.00 bits per heavy atom. The lowest BCUT2D eigenvalue weighted by Crippen LogP contribution is -2.04. The highest BCUT2D eigenvalue weighted by Crippen LogP contribution is 2.29. The Bertz CT molecular complexity index is 519. The van der Waals surface area contributed by atoms with E-state index in [9.17, 15) is 5.11 Å². The van der Waals surface area contributed by atoms with Gasteiger partial charge in [0.05, 0.1) is 5.52 Å². The molecule has 0 aliphatic heterocycles. The van der Waals surface area contributed by atoms with Crippen molar-refractivity contribution in [3.05, 3.63) is 35.5 Å². The predicted molar refractivity (Wildman–Crippen MR) is 60.0 cm³/mol. The minimum absolute atomic E-state index is 0.336. The summed E-state index contributed by atoms with van der Waals surface area (Å²) in [5.74, 6) is 0.336. The Kier molecular flexibility index (Phi) is 1.88. The van der Waals surface area contributed by atoms with Crippen LogP contribution in [0.15, 0.2) is 24.4 Å². The maximum absolute atomic E-state index is 9.50. The molecule has 0 saturated heterocycles. The standard InChI is InChI=1S/C13H13NO/c15-10-5-6-13-12(7-10)11-4-2-1-3-9(11)8-14-13/h5-8,15H,1-4H2. The molecule has 0 amide bonds. The molecule has 15 heavy (non-hydrogen) atoms. The van der Waals surface area contributed by atoms with Crippen LogP contribution in [0.5, 0.6) is 5.75 Å². The van der Waals surface area contributed by atoms with Gasteiger partial charge in [-0.05, 0) is 55.0 Å². The first-order valence-corrected chi connectivity index (χ1v) is 5.44. The van der Waals surface area contributed by atoms with Crippen LogP contribution in [0.1, 0.15) is 24.0 Å². The number of pyridine rings is 1. The maximum atomic E-state index is 9.50. The fourth-order valence-corrected chi connectivity index (χ4v) is 2.40. The summed E-state index contributed by atoms with van der Waals surface area (Å²) in [5, 5.41) is 10.6. The van der Waals surface area contributed by atoms with Gasteiger partial charge in [-0.15, -0.1) is 0 Å². The first kappa shape index (κ1) is 8.72. The van der Waals surface area contributed by atoms with E-state index >= 15 is 0 Å². The molecule has 1 N–H and O–H groups in total. The number of aromatic hydroxyl groups is 1. The number of hydrogen-bond donors (Lipinski definition) is 1. The van der Waals surface area contributed by atoms with Gasteiger partial charge in [0.2, 0.25) is 0 Å². The summed E-state index contributed by atoms with van der Waals surface area (Å²) in [6, 6.07) is 5.43. The topological polar surface area (TPSA) is 33.1 Å². The Morgan fingerprint density at radius 3 is 2.93 bits per heavy atom. The van der Waals surface area contributed by atoms with Crippen LogP contribution in [0.3, 0.4) is 0 Å². The number of phenolic OH excluding ortho intramolecular Hbond substituents is 1. The first-order chi connectivity index (χ1) is 7.34. The number of phenols is 1. The van der Waals surface area contributed by atoms with Gasteiger partial charge in [0.1, 0.15) is 5.75 Å². The van der Waals surface area contributed by atoms with E-state index in [4.69, 9.17) is 0 Å². The zero-order valence-electron chi connectivity index (χ0n) is 8.53. The van der Waals surface area contributed by atoms with Gasteiger partial charge in [0.25, 0.3) is 0 Å². The molecule has 1 aliphatic rings. The maximum Gasteiger partial charge on any atom is 0.116 e. The molecule has 1 heterocycles. The molecule has 1 aromatic heterocycles. The van der Waals surface area contributed by atoms with Crippen molar-refractivity contribution < 1.29 is 5.11 Å². The van der Waals surface area contributed by atoms with E-state index in [-0.39, 0.29) is 0 Å². The highest BCUT2D eigenvalue weighted by atomic mass is 16.3. The van der Waals surface area contributed by atoms with Gasteiger partial charge in [-0.2, -0.15) is 0 Å². The Balaban J connectivity index is 2.34. The van der Waals surface area contributed by atoms with Gasteiger partial charge in [-0.25, -0.2) is 0 Å². The smallest absolute Gasteiger partial charge is 0.116 e. The van der Waals surface area contributed by atoms with E-state index in [2.05, 4.69) is 4.98 Å². The second-order valence-corrected chi connectivity index (χ2v) is 4.17. The Morgan fingerprint density at radius 1 is 1.13 bits per heavy atom. The van der Waals surface area contributed by atoms with Crippen LogP contribution >= 0.6 is 0 Å².